The lowest BCUT2D eigenvalue weighted by molar-refractivity contribution is -0.00254. The van der Waals surface area contributed by atoms with Crippen molar-refractivity contribution in [3.63, 3.8) is 0 Å². The number of nitrogens with zero attached hydrogens (tertiary/aromatic N) is 2. The highest BCUT2D eigenvalue weighted by atomic mass is 127. The first kappa shape index (κ1) is 23.9. The highest BCUT2D eigenvalue weighted by Gasteiger charge is 2.34. The highest BCUT2D eigenvalue weighted by Crippen LogP contribution is 2.26. The van der Waals surface area contributed by atoms with Crippen molar-refractivity contribution in [3.8, 4) is 0 Å². The summed E-state index contributed by atoms with van der Waals surface area (Å²) in [5.74, 6) is 0.615. The Hall–Kier alpha value is -1.39. The standard InChI is InChI=1S/C21H32FN5O.HI/c1-4-23-20(26-15-21(27(2)3)8-11-28-12-9-21)24-10-7-16-14-25-19-13-17(22)5-6-18(16)19;/h5-6,13-14,25H,4,7-12,15H2,1-3H3,(H2,23,24,26);1H. The number of benzene rings is 1. The van der Waals surface area contributed by atoms with E-state index in [1.807, 2.05) is 12.3 Å². The van der Waals surface area contributed by atoms with Crippen molar-refractivity contribution < 1.29 is 9.13 Å². The monoisotopic (exact) mass is 517 g/mol. The van der Waals surface area contributed by atoms with E-state index in [0.29, 0.717) is 0 Å². The van der Waals surface area contributed by atoms with Crippen LogP contribution in [-0.2, 0) is 11.2 Å². The van der Waals surface area contributed by atoms with Gasteiger partial charge in [-0.1, -0.05) is 0 Å². The van der Waals surface area contributed by atoms with Gasteiger partial charge in [0.1, 0.15) is 5.82 Å². The minimum Gasteiger partial charge on any atom is -0.381 e. The van der Waals surface area contributed by atoms with Gasteiger partial charge in [-0.2, -0.15) is 0 Å². The summed E-state index contributed by atoms with van der Waals surface area (Å²) in [6.07, 6.45) is 4.78. The molecule has 0 unspecified atom stereocenters. The lowest BCUT2D eigenvalue weighted by Crippen LogP contribution is -2.51. The van der Waals surface area contributed by atoms with Gasteiger partial charge in [0.25, 0.3) is 0 Å². The second-order valence-corrected chi connectivity index (χ2v) is 7.61. The molecule has 1 aliphatic heterocycles. The molecule has 0 radical (unpaired) electrons. The van der Waals surface area contributed by atoms with Crippen molar-refractivity contribution in [1.29, 1.82) is 0 Å². The Morgan fingerprint density at radius 1 is 1.28 bits per heavy atom. The predicted octanol–water partition coefficient (Wildman–Crippen LogP) is 3.13. The summed E-state index contributed by atoms with van der Waals surface area (Å²) in [5, 5.41) is 7.84. The molecular weight excluding hydrogens is 484 g/mol. The normalized spacial score (nSPS) is 16.7. The Morgan fingerprint density at radius 2 is 2.03 bits per heavy atom. The fraction of sp³-hybridized carbons (Fsp3) is 0.571. The molecule has 1 aromatic heterocycles. The number of aromatic nitrogens is 1. The van der Waals surface area contributed by atoms with Gasteiger partial charge in [-0.15, -0.1) is 24.0 Å². The van der Waals surface area contributed by atoms with Crippen LogP contribution in [0.25, 0.3) is 10.9 Å². The van der Waals surface area contributed by atoms with Crippen LogP contribution in [0, 0.1) is 5.82 Å². The van der Waals surface area contributed by atoms with Crippen LogP contribution in [-0.4, -0.2) is 68.3 Å². The quantitative estimate of drug-likeness (QED) is 0.300. The number of nitrogens with one attached hydrogen (secondary N) is 3. The molecule has 2 heterocycles. The van der Waals surface area contributed by atoms with Gasteiger partial charge in [0.05, 0.1) is 6.54 Å². The summed E-state index contributed by atoms with van der Waals surface area (Å²) in [7, 11) is 4.25. The molecule has 6 nitrogen and oxygen atoms in total. The Kier molecular flexibility index (Phi) is 9.16. The van der Waals surface area contributed by atoms with Crippen molar-refractivity contribution in [2.75, 3.05) is 46.9 Å². The average molecular weight is 517 g/mol. The van der Waals surface area contributed by atoms with E-state index in [1.165, 1.54) is 17.7 Å². The number of ether oxygens (including phenoxy) is 1. The van der Waals surface area contributed by atoms with Gasteiger partial charge < -0.3 is 25.3 Å². The zero-order chi connectivity index (χ0) is 20.0. The molecule has 1 aromatic carbocycles. The van der Waals surface area contributed by atoms with Crippen molar-refractivity contribution in [2.45, 2.75) is 31.7 Å². The molecule has 29 heavy (non-hydrogen) atoms. The lowest BCUT2D eigenvalue weighted by Gasteiger charge is -2.41. The molecule has 3 rings (SSSR count). The van der Waals surface area contributed by atoms with Crippen LogP contribution in [0.15, 0.2) is 29.4 Å². The van der Waals surface area contributed by atoms with Crippen molar-refractivity contribution >= 4 is 40.8 Å². The van der Waals surface area contributed by atoms with Crippen LogP contribution in [0.3, 0.4) is 0 Å². The molecule has 1 saturated heterocycles. The van der Waals surface area contributed by atoms with E-state index in [4.69, 9.17) is 9.73 Å². The van der Waals surface area contributed by atoms with E-state index in [1.54, 1.807) is 0 Å². The summed E-state index contributed by atoms with van der Waals surface area (Å²) in [6.45, 7) is 5.97. The SMILES string of the molecule is CCNC(=NCC1(N(C)C)CCOCC1)NCCc1c[nH]c2cc(F)ccc12.I. The summed E-state index contributed by atoms with van der Waals surface area (Å²) in [6, 6.07) is 4.88. The van der Waals surface area contributed by atoms with E-state index in [2.05, 4.69) is 41.5 Å². The molecule has 0 spiro atoms. The first-order valence-electron chi connectivity index (χ1n) is 10.1. The molecule has 0 saturated carbocycles. The fourth-order valence-corrected chi connectivity index (χ4v) is 3.75. The molecule has 1 aliphatic rings. The Bertz CT molecular complexity index is 801. The van der Waals surface area contributed by atoms with Crippen LogP contribution in [0.4, 0.5) is 4.39 Å². The molecule has 3 N–H and O–H groups in total. The Labute approximate surface area is 189 Å². The maximum Gasteiger partial charge on any atom is 0.191 e. The molecule has 8 heteroatoms. The number of aliphatic imine (C=N–C) groups is 1. The van der Waals surface area contributed by atoms with Crippen LogP contribution in [0.1, 0.15) is 25.3 Å². The Balaban J connectivity index is 0.00000300. The van der Waals surface area contributed by atoms with Gasteiger partial charge in [0.15, 0.2) is 5.96 Å². The topological polar surface area (TPSA) is 64.7 Å². The number of guanidine groups is 1. The number of fused-ring (bicyclic) bond motifs is 1. The van der Waals surface area contributed by atoms with Crippen molar-refractivity contribution in [2.24, 2.45) is 4.99 Å². The fourth-order valence-electron chi connectivity index (χ4n) is 3.75. The number of aromatic amines is 1. The van der Waals surface area contributed by atoms with Crippen LogP contribution in [0.2, 0.25) is 0 Å². The van der Waals surface area contributed by atoms with Crippen LogP contribution >= 0.6 is 24.0 Å². The van der Waals surface area contributed by atoms with Crippen molar-refractivity contribution in [3.05, 3.63) is 35.8 Å². The van der Waals surface area contributed by atoms with Crippen LogP contribution < -0.4 is 10.6 Å². The molecule has 0 aliphatic carbocycles. The first-order valence-corrected chi connectivity index (χ1v) is 10.1. The maximum absolute atomic E-state index is 13.3. The van der Waals surface area contributed by atoms with Gasteiger partial charge >= 0.3 is 0 Å². The van der Waals surface area contributed by atoms with Crippen LogP contribution in [0.5, 0.6) is 0 Å². The van der Waals surface area contributed by atoms with Gasteiger partial charge in [-0.3, -0.25) is 4.99 Å². The molecule has 0 bridgehead atoms. The number of halogens is 2. The van der Waals surface area contributed by atoms with Gasteiger partial charge in [0.2, 0.25) is 0 Å². The van der Waals surface area contributed by atoms with E-state index in [-0.39, 0.29) is 35.3 Å². The van der Waals surface area contributed by atoms with Gasteiger partial charge in [-0.05, 0) is 64.0 Å². The smallest absolute Gasteiger partial charge is 0.191 e. The van der Waals surface area contributed by atoms with E-state index < -0.39 is 0 Å². The summed E-state index contributed by atoms with van der Waals surface area (Å²) in [5.41, 5.74) is 2.07. The second-order valence-electron chi connectivity index (χ2n) is 7.61. The number of likely N-dealkylation sites (N-methyl/N-ethyl adjacent to an activating group) is 1. The molecule has 162 valence electrons. The molecule has 0 atom stereocenters. The first-order chi connectivity index (χ1) is 13.5. The molecule has 1 fully saturated rings. The third-order valence-electron chi connectivity index (χ3n) is 5.66. The third-order valence-corrected chi connectivity index (χ3v) is 5.66. The third kappa shape index (κ3) is 6.05. The average Bonchev–Trinajstić information content (AvgIpc) is 3.08. The summed E-state index contributed by atoms with van der Waals surface area (Å²) in [4.78, 5) is 10.3. The van der Waals surface area contributed by atoms with Gasteiger partial charge in [-0.25, -0.2) is 4.39 Å². The lowest BCUT2D eigenvalue weighted by atomic mass is 9.89. The van der Waals surface area contributed by atoms with E-state index >= 15 is 0 Å². The number of hydrogen-bond donors (Lipinski definition) is 3. The highest BCUT2D eigenvalue weighted by molar-refractivity contribution is 14.0. The van der Waals surface area contributed by atoms with E-state index in [9.17, 15) is 4.39 Å². The molecule has 2 aromatic rings. The maximum atomic E-state index is 13.3. The predicted molar refractivity (Wildman–Crippen MR) is 128 cm³/mol. The molecular formula is C21H33FIN5O. The summed E-state index contributed by atoms with van der Waals surface area (Å²) >= 11 is 0. The van der Waals surface area contributed by atoms with E-state index in [0.717, 1.165) is 69.0 Å². The zero-order valence-corrected chi connectivity index (χ0v) is 19.9. The number of rotatable bonds is 7. The second kappa shape index (κ2) is 11.1. The minimum atomic E-state index is -0.219. The number of hydrogen-bond acceptors (Lipinski definition) is 3. The van der Waals surface area contributed by atoms with Gasteiger partial charge in [0, 0.05) is 48.9 Å². The molecule has 0 amide bonds. The number of H-pyrrole nitrogens is 1. The van der Waals surface area contributed by atoms with Crippen molar-refractivity contribution in [1.82, 2.24) is 20.5 Å². The Morgan fingerprint density at radius 3 is 2.72 bits per heavy atom. The largest absolute Gasteiger partial charge is 0.381 e. The minimum absolute atomic E-state index is 0. The zero-order valence-electron chi connectivity index (χ0n) is 17.6. The summed E-state index contributed by atoms with van der Waals surface area (Å²) < 4.78 is 18.9.